The predicted octanol–water partition coefficient (Wildman–Crippen LogP) is 4.74. The first-order valence-electron chi connectivity index (χ1n) is 7.65. The van der Waals surface area contributed by atoms with Crippen LogP contribution in [0.15, 0.2) is 12.1 Å². The van der Waals surface area contributed by atoms with Crippen molar-refractivity contribution in [3.63, 3.8) is 0 Å². The topological polar surface area (TPSA) is 16.1 Å². The van der Waals surface area contributed by atoms with Gasteiger partial charge in [-0.25, -0.2) is 4.98 Å². The lowest BCUT2D eigenvalue weighted by Gasteiger charge is -2.38. The van der Waals surface area contributed by atoms with Gasteiger partial charge in [0.1, 0.15) is 5.82 Å². The number of hydrogen-bond donors (Lipinski definition) is 0. The number of halogens is 1. The van der Waals surface area contributed by atoms with Gasteiger partial charge in [-0.15, -0.1) is 11.6 Å². The minimum Gasteiger partial charge on any atom is -0.354 e. The van der Waals surface area contributed by atoms with Crippen molar-refractivity contribution < 1.29 is 0 Å². The maximum atomic E-state index is 6.08. The largest absolute Gasteiger partial charge is 0.354 e. The molecule has 1 fully saturated rings. The quantitative estimate of drug-likeness (QED) is 0.732. The molecule has 1 aliphatic rings. The molecule has 112 valence electrons. The maximum Gasteiger partial charge on any atom is 0.129 e. The highest BCUT2D eigenvalue weighted by Gasteiger charge is 2.26. The molecule has 0 amide bonds. The number of piperidine rings is 1. The van der Waals surface area contributed by atoms with E-state index in [-0.39, 0.29) is 5.41 Å². The Bertz CT molecular complexity index is 465. The van der Waals surface area contributed by atoms with Gasteiger partial charge in [-0.3, -0.25) is 0 Å². The fourth-order valence-electron chi connectivity index (χ4n) is 2.79. The molecule has 0 saturated carbocycles. The number of alkyl halides is 1. The van der Waals surface area contributed by atoms with Gasteiger partial charge in [0.2, 0.25) is 0 Å². The minimum atomic E-state index is 0.0570. The average Bonchev–Trinajstić information content (AvgIpc) is 2.40. The predicted molar refractivity (Wildman–Crippen MR) is 87.7 cm³/mol. The first-order chi connectivity index (χ1) is 9.31. The lowest BCUT2D eigenvalue weighted by molar-refractivity contribution is 0.387. The molecule has 2 rings (SSSR count). The average molecular weight is 295 g/mol. The third-order valence-electron chi connectivity index (χ3n) is 4.21. The summed E-state index contributed by atoms with van der Waals surface area (Å²) >= 11 is 6.08. The molecule has 0 bridgehead atoms. The summed E-state index contributed by atoms with van der Waals surface area (Å²) in [5.41, 5.74) is 2.37. The number of anilines is 1. The molecule has 2 heterocycles. The van der Waals surface area contributed by atoms with Crippen LogP contribution in [0.4, 0.5) is 5.82 Å². The van der Waals surface area contributed by atoms with Crippen LogP contribution in [-0.2, 0) is 11.3 Å². The van der Waals surface area contributed by atoms with Crippen molar-refractivity contribution in [1.82, 2.24) is 4.98 Å². The van der Waals surface area contributed by atoms with Crippen LogP contribution in [0, 0.1) is 5.92 Å². The second-order valence-corrected chi connectivity index (χ2v) is 7.55. The third kappa shape index (κ3) is 3.46. The van der Waals surface area contributed by atoms with Crippen LogP contribution < -0.4 is 4.90 Å². The molecule has 0 aromatic carbocycles. The summed E-state index contributed by atoms with van der Waals surface area (Å²) in [6.07, 6.45) is 2.57. The van der Waals surface area contributed by atoms with Crippen molar-refractivity contribution in [3.05, 3.63) is 23.4 Å². The third-order valence-corrected chi connectivity index (χ3v) is 4.51. The Morgan fingerprint density at radius 3 is 2.55 bits per heavy atom. The van der Waals surface area contributed by atoms with Crippen molar-refractivity contribution in [2.45, 2.75) is 64.8 Å². The van der Waals surface area contributed by atoms with E-state index < -0.39 is 0 Å². The van der Waals surface area contributed by atoms with E-state index in [0.29, 0.717) is 11.9 Å². The van der Waals surface area contributed by atoms with E-state index in [4.69, 9.17) is 16.6 Å². The molecule has 1 aromatic heterocycles. The lowest BCUT2D eigenvalue weighted by atomic mass is 9.90. The van der Waals surface area contributed by atoms with Gasteiger partial charge in [0.25, 0.3) is 0 Å². The maximum absolute atomic E-state index is 6.08. The number of nitrogens with zero attached hydrogens (tertiary/aromatic N) is 2. The molecule has 0 N–H and O–H groups in total. The van der Waals surface area contributed by atoms with E-state index in [9.17, 15) is 0 Å². The van der Waals surface area contributed by atoms with Gasteiger partial charge in [0.15, 0.2) is 0 Å². The number of hydrogen-bond acceptors (Lipinski definition) is 2. The standard InChI is InChI=1S/C17H27ClN2/c1-12-6-7-13(2)20(11-12)16-9-14(10-18)8-15(19-16)17(3,4)5/h8-9,12-13H,6-7,10-11H2,1-5H3. The van der Waals surface area contributed by atoms with Crippen LogP contribution in [0.25, 0.3) is 0 Å². The summed E-state index contributed by atoms with van der Waals surface area (Å²) < 4.78 is 0. The number of pyridine rings is 1. The van der Waals surface area contributed by atoms with Gasteiger partial charge in [0, 0.05) is 29.6 Å². The monoisotopic (exact) mass is 294 g/mol. The highest BCUT2D eigenvalue weighted by atomic mass is 35.5. The molecule has 0 radical (unpaired) electrons. The molecule has 2 unspecified atom stereocenters. The van der Waals surface area contributed by atoms with Gasteiger partial charge in [-0.2, -0.15) is 0 Å². The van der Waals surface area contributed by atoms with E-state index in [0.717, 1.165) is 24.0 Å². The van der Waals surface area contributed by atoms with Crippen molar-refractivity contribution in [2.75, 3.05) is 11.4 Å². The Morgan fingerprint density at radius 1 is 1.25 bits per heavy atom. The fourth-order valence-corrected chi connectivity index (χ4v) is 2.94. The van der Waals surface area contributed by atoms with E-state index >= 15 is 0 Å². The van der Waals surface area contributed by atoms with E-state index in [1.807, 2.05) is 0 Å². The molecule has 1 aliphatic heterocycles. The first kappa shape index (κ1) is 15.6. The normalized spacial score (nSPS) is 24.0. The summed E-state index contributed by atoms with van der Waals surface area (Å²) in [7, 11) is 0. The van der Waals surface area contributed by atoms with Crippen molar-refractivity contribution in [1.29, 1.82) is 0 Å². The first-order valence-corrected chi connectivity index (χ1v) is 8.18. The van der Waals surface area contributed by atoms with Crippen LogP contribution in [0.5, 0.6) is 0 Å². The van der Waals surface area contributed by atoms with E-state index in [1.165, 1.54) is 18.4 Å². The molecular weight excluding hydrogens is 268 g/mol. The van der Waals surface area contributed by atoms with Crippen LogP contribution in [0.1, 0.15) is 58.7 Å². The molecule has 2 atom stereocenters. The molecule has 0 spiro atoms. The molecule has 1 saturated heterocycles. The lowest BCUT2D eigenvalue weighted by Crippen LogP contribution is -2.41. The van der Waals surface area contributed by atoms with Gasteiger partial charge in [-0.1, -0.05) is 27.7 Å². The summed E-state index contributed by atoms with van der Waals surface area (Å²) in [5.74, 6) is 2.40. The van der Waals surface area contributed by atoms with Crippen LogP contribution >= 0.6 is 11.6 Å². The Morgan fingerprint density at radius 2 is 1.95 bits per heavy atom. The molecule has 2 nitrogen and oxygen atoms in total. The van der Waals surface area contributed by atoms with Crippen molar-refractivity contribution >= 4 is 17.4 Å². The van der Waals surface area contributed by atoms with Gasteiger partial charge in [-0.05, 0) is 43.4 Å². The zero-order valence-corrected chi connectivity index (χ0v) is 14.2. The molecule has 1 aromatic rings. The zero-order valence-electron chi connectivity index (χ0n) is 13.4. The zero-order chi connectivity index (χ0) is 14.9. The van der Waals surface area contributed by atoms with Gasteiger partial charge >= 0.3 is 0 Å². The highest BCUT2D eigenvalue weighted by Crippen LogP contribution is 2.30. The van der Waals surface area contributed by atoms with E-state index in [2.05, 4.69) is 51.7 Å². The number of aromatic nitrogens is 1. The Kier molecular flexibility index (Phi) is 4.63. The van der Waals surface area contributed by atoms with Crippen LogP contribution in [0.2, 0.25) is 0 Å². The van der Waals surface area contributed by atoms with Crippen LogP contribution in [-0.4, -0.2) is 17.6 Å². The SMILES string of the molecule is CC1CCC(C)N(c2cc(CCl)cc(C(C)(C)C)n2)C1. The Labute approximate surface area is 128 Å². The summed E-state index contributed by atoms with van der Waals surface area (Å²) in [5, 5.41) is 0. The second-order valence-electron chi connectivity index (χ2n) is 7.29. The fraction of sp³-hybridized carbons (Fsp3) is 0.706. The van der Waals surface area contributed by atoms with E-state index in [1.54, 1.807) is 0 Å². The molecule has 20 heavy (non-hydrogen) atoms. The summed E-state index contributed by atoms with van der Waals surface area (Å²) in [6.45, 7) is 12.4. The second kappa shape index (κ2) is 5.93. The smallest absolute Gasteiger partial charge is 0.129 e. The Hall–Kier alpha value is -0.760. The number of rotatable bonds is 2. The van der Waals surface area contributed by atoms with Gasteiger partial charge < -0.3 is 4.90 Å². The molecule has 3 heteroatoms. The summed E-state index contributed by atoms with van der Waals surface area (Å²) in [6, 6.07) is 4.88. The minimum absolute atomic E-state index is 0.0570. The highest BCUT2D eigenvalue weighted by molar-refractivity contribution is 6.17. The van der Waals surface area contributed by atoms with Crippen molar-refractivity contribution in [2.24, 2.45) is 5.92 Å². The molecule has 0 aliphatic carbocycles. The van der Waals surface area contributed by atoms with Gasteiger partial charge in [0.05, 0.1) is 0 Å². The molecular formula is C17H27ClN2. The van der Waals surface area contributed by atoms with Crippen molar-refractivity contribution in [3.8, 4) is 0 Å². The Balaban J connectivity index is 2.39. The summed E-state index contributed by atoms with van der Waals surface area (Å²) in [4.78, 5) is 7.39. The van der Waals surface area contributed by atoms with Crippen LogP contribution in [0.3, 0.4) is 0 Å².